The normalized spacial score (nSPS) is 16.4. The molecule has 3 aromatic rings. The second kappa shape index (κ2) is 6.37. The zero-order valence-corrected chi connectivity index (χ0v) is 14.5. The van der Waals surface area contributed by atoms with E-state index in [1.54, 1.807) is 0 Å². The highest BCUT2D eigenvalue weighted by Gasteiger charge is 2.31. The lowest BCUT2D eigenvalue weighted by atomic mass is 9.98. The molecule has 0 radical (unpaired) electrons. The minimum absolute atomic E-state index is 0.132. The summed E-state index contributed by atoms with van der Waals surface area (Å²) in [7, 11) is 0. The topological polar surface area (TPSA) is 51.3 Å². The number of carbonyl (C=O) groups excluding carboxylic acids is 1. The monoisotopic (exact) mass is 333 g/mol. The van der Waals surface area contributed by atoms with Crippen molar-refractivity contribution >= 4 is 22.5 Å². The molecule has 1 atom stereocenters. The number of para-hydroxylation sites is 2. The highest BCUT2D eigenvalue weighted by molar-refractivity contribution is 5.97. The number of rotatable bonds is 4. The van der Waals surface area contributed by atoms with Crippen LogP contribution in [0, 0.1) is 6.92 Å². The molecule has 1 aliphatic rings. The summed E-state index contributed by atoms with van der Waals surface area (Å²) in [4.78, 5) is 15.0. The zero-order chi connectivity index (χ0) is 17.4. The molecule has 25 heavy (non-hydrogen) atoms. The first-order valence-electron chi connectivity index (χ1n) is 8.83. The molecule has 0 saturated heterocycles. The maximum absolute atomic E-state index is 13.1. The van der Waals surface area contributed by atoms with E-state index in [9.17, 15) is 4.79 Å². The van der Waals surface area contributed by atoms with Gasteiger partial charge in [0.05, 0.1) is 0 Å². The van der Waals surface area contributed by atoms with Crippen molar-refractivity contribution in [2.24, 2.45) is 5.73 Å². The average Bonchev–Trinajstić information content (AvgIpc) is 3.15. The van der Waals surface area contributed by atoms with Crippen molar-refractivity contribution in [3.8, 4) is 0 Å². The molecule has 0 aliphatic carbocycles. The Morgan fingerprint density at radius 2 is 1.92 bits per heavy atom. The van der Waals surface area contributed by atoms with E-state index in [-0.39, 0.29) is 5.91 Å². The van der Waals surface area contributed by atoms with Crippen LogP contribution in [0.4, 0.5) is 5.69 Å². The van der Waals surface area contributed by atoms with E-state index in [4.69, 9.17) is 5.73 Å². The van der Waals surface area contributed by atoms with Crippen molar-refractivity contribution in [2.45, 2.75) is 25.8 Å². The fourth-order valence-electron chi connectivity index (χ4n) is 3.97. The summed E-state index contributed by atoms with van der Waals surface area (Å²) in [6, 6.07) is 16.4. The Balaban J connectivity index is 1.63. The van der Waals surface area contributed by atoms with Gasteiger partial charge < -0.3 is 15.2 Å². The summed E-state index contributed by atoms with van der Waals surface area (Å²) in [6.07, 6.45) is 2.98. The molecule has 2 N–H and O–H groups in total. The maximum atomic E-state index is 13.1. The van der Waals surface area contributed by atoms with Crippen LogP contribution in [0.1, 0.15) is 23.5 Å². The minimum atomic E-state index is 0.132. The molecule has 1 aliphatic heterocycles. The van der Waals surface area contributed by atoms with Gasteiger partial charge in [-0.3, -0.25) is 4.79 Å². The SMILES string of the molecule is Cc1cn(CC(=O)N2CC(CCN)c3ccccc32)c2ccccc12. The second-order valence-electron chi connectivity index (χ2n) is 6.79. The van der Waals surface area contributed by atoms with E-state index in [1.807, 2.05) is 35.2 Å². The van der Waals surface area contributed by atoms with Gasteiger partial charge in [0.15, 0.2) is 0 Å². The molecule has 2 aromatic carbocycles. The van der Waals surface area contributed by atoms with Crippen LogP contribution >= 0.6 is 0 Å². The molecule has 4 rings (SSSR count). The molecule has 0 bridgehead atoms. The van der Waals surface area contributed by atoms with Crippen molar-refractivity contribution in [1.29, 1.82) is 0 Å². The van der Waals surface area contributed by atoms with Crippen molar-refractivity contribution in [3.63, 3.8) is 0 Å². The smallest absolute Gasteiger partial charge is 0.246 e. The van der Waals surface area contributed by atoms with Gasteiger partial charge in [0.25, 0.3) is 0 Å². The predicted molar refractivity (Wildman–Crippen MR) is 102 cm³/mol. The van der Waals surface area contributed by atoms with Gasteiger partial charge in [0.2, 0.25) is 5.91 Å². The molecule has 1 amide bonds. The quantitative estimate of drug-likeness (QED) is 0.795. The number of fused-ring (bicyclic) bond motifs is 2. The summed E-state index contributed by atoms with van der Waals surface area (Å²) in [5.41, 5.74) is 10.4. The Kier molecular flexibility index (Phi) is 4.06. The van der Waals surface area contributed by atoms with Crippen molar-refractivity contribution in [1.82, 2.24) is 4.57 Å². The number of nitrogens with two attached hydrogens (primary N) is 1. The van der Waals surface area contributed by atoms with E-state index in [2.05, 4.69) is 35.9 Å². The molecule has 0 fully saturated rings. The number of amides is 1. The first-order chi connectivity index (χ1) is 12.2. The van der Waals surface area contributed by atoms with E-state index < -0.39 is 0 Å². The van der Waals surface area contributed by atoms with Gasteiger partial charge >= 0.3 is 0 Å². The van der Waals surface area contributed by atoms with Gasteiger partial charge in [-0.2, -0.15) is 0 Å². The Morgan fingerprint density at radius 1 is 1.16 bits per heavy atom. The average molecular weight is 333 g/mol. The number of hydrogen-bond donors (Lipinski definition) is 1. The van der Waals surface area contributed by atoms with E-state index in [1.165, 1.54) is 16.5 Å². The first kappa shape index (κ1) is 15.9. The van der Waals surface area contributed by atoms with Gasteiger partial charge in [-0.05, 0) is 43.1 Å². The third-order valence-corrected chi connectivity index (χ3v) is 5.18. The Labute approximate surface area is 147 Å². The summed E-state index contributed by atoms with van der Waals surface area (Å²) in [6.45, 7) is 3.82. The van der Waals surface area contributed by atoms with Crippen molar-refractivity contribution in [2.75, 3.05) is 18.0 Å². The van der Waals surface area contributed by atoms with Gasteiger partial charge in [-0.25, -0.2) is 0 Å². The molecule has 1 unspecified atom stereocenters. The molecule has 128 valence electrons. The molecule has 1 aromatic heterocycles. The molecule has 2 heterocycles. The minimum Gasteiger partial charge on any atom is -0.338 e. The number of aryl methyl sites for hydroxylation is 1. The first-order valence-corrected chi connectivity index (χ1v) is 8.83. The van der Waals surface area contributed by atoms with Crippen LogP contribution in [0.3, 0.4) is 0 Å². The van der Waals surface area contributed by atoms with Crippen LogP contribution in [0.2, 0.25) is 0 Å². The van der Waals surface area contributed by atoms with Crippen LogP contribution < -0.4 is 10.6 Å². The van der Waals surface area contributed by atoms with E-state index in [0.29, 0.717) is 19.0 Å². The van der Waals surface area contributed by atoms with Crippen LogP contribution in [0.15, 0.2) is 54.7 Å². The predicted octanol–water partition coefficient (Wildman–Crippen LogP) is 3.43. The Bertz CT molecular complexity index is 928. The third-order valence-electron chi connectivity index (χ3n) is 5.18. The summed E-state index contributed by atoms with van der Waals surface area (Å²) >= 11 is 0. The summed E-state index contributed by atoms with van der Waals surface area (Å²) in [5.74, 6) is 0.473. The lowest BCUT2D eigenvalue weighted by molar-refractivity contribution is -0.119. The molecule has 0 saturated carbocycles. The van der Waals surface area contributed by atoms with Gasteiger partial charge in [0.1, 0.15) is 6.54 Å². The molecule has 0 spiro atoms. The highest BCUT2D eigenvalue weighted by Crippen LogP contribution is 2.38. The fraction of sp³-hybridized carbons (Fsp3) is 0.286. The number of nitrogens with zero attached hydrogens (tertiary/aromatic N) is 2. The zero-order valence-electron chi connectivity index (χ0n) is 14.5. The van der Waals surface area contributed by atoms with Gasteiger partial charge in [0, 0.05) is 35.2 Å². The second-order valence-corrected chi connectivity index (χ2v) is 6.79. The van der Waals surface area contributed by atoms with E-state index >= 15 is 0 Å². The van der Waals surface area contributed by atoms with Crippen LogP contribution in [0.5, 0.6) is 0 Å². The third kappa shape index (κ3) is 2.72. The Morgan fingerprint density at radius 3 is 2.76 bits per heavy atom. The lowest BCUT2D eigenvalue weighted by Gasteiger charge is -2.18. The van der Waals surface area contributed by atoms with Crippen molar-refractivity contribution < 1.29 is 4.79 Å². The summed E-state index contributed by atoms with van der Waals surface area (Å²) < 4.78 is 2.06. The maximum Gasteiger partial charge on any atom is 0.246 e. The van der Waals surface area contributed by atoms with Gasteiger partial charge in [-0.1, -0.05) is 36.4 Å². The molecular weight excluding hydrogens is 310 g/mol. The van der Waals surface area contributed by atoms with Crippen molar-refractivity contribution in [3.05, 3.63) is 65.9 Å². The fourth-order valence-corrected chi connectivity index (χ4v) is 3.97. The van der Waals surface area contributed by atoms with E-state index in [0.717, 1.165) is 24.2 Å². The highest BCUT2D eigenvalue weighted by atomic mass is 16.2. The number of benzene rings is 2. The molecular formula is C21H23N3O. The molecule has 4 heteroatoms. The number of hydrogen-bond acceptors (Lipinski definition) is 2. The van der Waals surface area contributed by atoms with Crippen LogP contribution in [-0.2, 0) is 11.3 Å². The number of carbonyl (C=O) groups is 1. The lowest BCUT2D eigenvalue weighted by Crippen LogP contribution is -2.33. The summed E-state index contributed by atoms with van der Waals surface area (Å²) in [5, 5.41) is 1.21. The standard InChI is InChI=1S/C21H23N3O/c1-15-12-23(19-8-4-2-6-17(15)19)14-21(25)24-13-16(10-11-22)18-7-3-5-9-20(18)24/h2-9,12,16H,10-11,13-14,22H2,1H3. The largest absolute Gasteiger partial charge is 0.338 e. The van der Waals surface area contributed by atoms with Crippen LogP contribution in [-0.4, -0.2) is 23.6 Å². The van der Waals surface area contributed by atoms with Crippen LogP contribution in [0.25, 0.3) is 10.9 Å². The van der Waals surface area contributed by atoms with Gasteiger partial charge in [-0.15, -0.1) is 0 Å². The Hall–Kier alpha value is -2.59. The number of anilines is 1. The molecule has 4 nitrogen and oxygen atoms in total. The number of aromatic nitrogens is 1.